The van der Waals surface area contributed by atoms with Gasteiger partial charge in [-0.15, -0.1) is 0 Å². The maximum atomic E-state index is 11.6. The molecule has 2 rings (SSSR count). The van der Waals surface area contributed by atoms with Crippen LogP contribution in [0.5, 0.6) is 0 Å². The monoisotopic (exact) mass is 237 g/mol. The van der Waals surface area contributed by atoms with Gasteiger partial charge in [-0.05, 0) is 12.8 Å². The van der Waals surface area contributed by atoms with Crippen molar-refractivity contribution >= 4 is 11.8 Å². The van der Waals surface area contributed by atoms with E-state index in [1.807, 2.05) is 4.90 Å². The molecule has 0 saturated carbocycles. The first-order valence-electron chi connectivity index (χ1n) is 5.59. The largest absolute Gasteiger partial charge is 0.469 e. The van der Waals surface area contributed by atoms with Gasteiger partial charge in [-0.1, -0.05) is 0 Å². The molecule has 1 aliphatic heterocycles. The van der Waals surface area contributed by atoms with E-state index in [1.165, 1.54) is 13.3 Å². The number of H-pyrrole nitrogens is 1. The van der Waals surface area contributed by atoms with Crippen LogP contribution in [0.4, 0.5) is 5.82 Å². The lowest BCUT2D eigenvalue weighted by molar-refractivity contribution is -0.145. The molecule has 0 bridgehead atoms. The van der Waals surface area contributed by atoms with Gasteiger partial charge in [0.25, 0.3) is 5.56 Å². The van der Waals surface area contributed by atoms with Crippen LogP contribution in [0.1, 0.15) is 12.8 Å². The van der Waals surface area contributed by atoms with Crippen molar-refractivity contribution in [3.63, 3.8) is 0 Å². The third-order valence-corrected chi connectivity index (χ3v) is 2.94. The number of nitrogens with one attached hydrogen (secondary N) is 1. The second kappa shape index (κ2) is 4.99. The van der Waals surface area contributed by atoms with Gasteiger partial charge in [0, 0.05) is 25.5 Å². The fraction of sp³-hybridized carbons (Fsp3) is 0.545. The van der Waals surface area contributed by atoms with E-state index in [4.69, 9.17) is 4.74 Å². The van der Waals surface area contributed by atoms with E-state index in [9.17, 15) is 9.59 Å². The molecule has 6 heteroatoms. The molecule has 0 aromatic carbocycles. The van der Waals surface area contributed by atoms with Crippen molar-refractivity contribution in [1.29, 1.82) is 0 Å². The summed E-state index contributed by atoms with van der Waals surface area (Å²) in [6, 6.07) is 0. The average molecular weight is 237 g/mol. The summed E-state index contributed by atoms with van der Waals surface area (Å²) in [4.78, 5) is 31.5. The second-order valence-corrected chi connectivity index (χ2v) is 4.05. The number of hydrogen-bond acceptors (Lipinski definition) is 5. The van der Waals surface area contributed by atoms with Crippen molar-refractivity contribution < 1.29 is 9.53 Å². The number of carbonyl (C=O) groups excluding carboxylic acids is 1. The molecule has 1 fully saturated rings. The van der Waals surface area contributed by atoms with Crippen molar-refractivity contribution in [3.8, 4) is 0 Å². The van der Waals surface area contributed by atoms with Crippen LogP contribution in [0.2, 0.25) is 0 Å². The topological polar surface area (TPSA) is 75.3 Å². The summed E-state index contributed by atoms with van der Waals surface area (Å²) < 4.78 is 4.73. The van der Waals surface area contributed by atoms with Gasteiger partial charge in [0.15, 0.2) is 5.82 Å². The number of anilines is 1. The summed E-state index contributed by atoms with van der Waals surface area (Å²) in [7, 11) is 1.38. The molecule has 1 N–H and O–H groups in total. The Kier molecular flexibility index (Phi) is 3.41. The van der Waals surface area contributed by atoms with E-state index >= 15 is 0 Å². The molecule has 0 spiro atoms. The minimum Gasteiger partial charge on any atom is -0.469 e. The number of nitrogens with zero attached hydrogens (tertiary/aromatic N) is 2. The lowest BCUT2D eigenvalue weighted by atomic mass is 9.98. The van der Waals surface area contributed by atoms with Gasteiger partial charge in [0.2, 0.25) is 0 Å². The van der Waals surface area contributed by atoms with E-state index in [0.29, 0.717) is 12.4 Å². The van der Waals surface area contributed by atoms with Crippen LogP contribution in [0, 0.1) is 5.92 Å². The Morgan fingerprint density at radius 2 is 2.47 bits per heavy atom. The fourth-order valence-electron chi connectivity index (χ4n) is 2.10. The van der Waals surface area contributed by atoms with Gasteiger partial charge >= 0.3 is 5.97 Å². The summed E-state index contributed by atoms with van der Waals surface area (Å²) in [6.07, 6.45) is 4.69. The lowest BCUT2D eigenvalue weighted by Crippen LogP contribution is -2.41. The number of hydrogen-bond donors (Lipinski definition) is 1. The normalized spacial score (nSPS) is 20.1. The second-order valence-electron chi connectivity index (χ2n) is 4.05. The van der Waals surface area contributed by atoms with Crippen molar-refractivity contribution in [2.45, 2.75) is 12.8 Å². The van der Waals surface area contributed by atoms with Crippen LogP contribution in [-0.2, 0) is 9.53 Å². The molecule has 6 nitrogen and oxygen atoms in total. The van der Waals surface area contributed by atoms with Gasteiger partial charge in [-0.25, -0.2) is 4.98 Å². The predicted octanol–water partition coefficient (Wildman–Crippen LogP) is 0.159. The summed E-state index contributed by atoms with van der Waals surface area (Å²) in [6.45, 7) is 1.24. The molecule has 0 aliphatic carbocycles. The number of rotatable bonds is 2. The standard InChI is InChI=1S/C11H15N3O3/c1-17-11(16)8-3-2-6-14(7-8)9-10(15)13-5-4-12-9/h4-5,8H,2-3,6-7H2,1H3,(H,13,15). The zero-order valence-corrected chi connectivity index (χ0v) is 9.68. The molecule has 1 unspecified atom stereocenters. The summed E-state index contributed by atoms with van der Waals surface area (Å²) in [5, 5.41) is 0. The van der Waals surface area contributed by atoms with Crippen LogP contribution < -0.4 is 10.5 Å². The van der Waals surface area contributed by atoms with Crippen LogP contribution in [0.25, 0.3) is 0 Å². The Morgan fingerprint density at radius 3 is 3.18 bits per heavy atom. The van der Waals surface area contributed by atoms with Gasteiger partial charge in [0.1, 0.15) is 0 Å². The molecule has 1 aromatic heterocycles. The summed E-state index contributed by atoms with van der Waals surface area (Å²) >= 11 is 0. The third kappa shape index (κ3) is 2.46. The number of ether oxygens (including phenoxy) is 1. The van der Waals surface area contributed by atoms with Gasteiger partial charge in [0.05, 0.1) is 13.0 Å². The highest BCUT2D eigenvalue weighted by Crippen LogP contribution is 2.19. The van der Waals surface area contributed by atoms with Crippen LogP contribution in [0.15, 0.2) is 17.2 Å². The minimum absolute atomic E-state index is 0.171. The van der Waals surface area contributed by atoms with Crippen LogP contribution in [0.3, 0.4) is 0 Å². The van der Waals surface area contributed by atoms with E-state index < -0.39 is 0 Å². The number of piperidine rings is 1. The van der Waals surface area contributed by atoms with Gasteiger partial charge in [-0.3, -0.25) is 9.59 Å². The van der Waals surface area contributed by atoms with Gasteiger partial charge in [-0.2, -0.15) is 0 Å². The highest BCUT2D eigenvalue weighted by atomic mass is 16.5. The number of carbonyl (C=O) groups is 1. The Labute approximate surface area is 98.6 Å². The molecule has 0 amide bonds. The molecule has 2 heterocycles. The quantitative estimate of drug-likeness (QED) is 0.741. The van der Waals surface area contributed by atoms with Crippen molar-refractivity contribution in [3.05, 3.63) is 22.7 Å². The Balaban J connectivity index is 2.15. The van der Waals surface area contributed by atoms with E-state index in [-0.39, 0.29) is 17.4 Å². The fourth-order valence-corrected chi connectivity index (χ4v) is 2.10. The van der Waals surface area contributed by atoms with Crippen molar-refractivity contribution in [1.82, 2.24) is 9.97 Å². The highest BCUT2D eigenvalue weighted by molar-refractivity contribution is 5.73. The Bertz CT molecular complexity index is 457. The number of aromatic amines is 1. The smallest absolute Gasteiger partial charge is 0.310 e. The maximum Gasteiger partial charge on any atom is 0.310 e. The first kappa shape index (κ1) is 11.6. The molecule has 1 aromatic rings. The average Bonchev–Trinajstić information content (AvgIpc) is 2.38. The van der Waals surface area contributed by atoms with E-state index in [1.54, 1.807) is 6.20 Å². The van der Waals surface area contributed by atoms with Crippen LogP contribution >= 0.6 is 0 Å². The molecular formula is C11H15N3O3. The predicted molar refractivity (Wildman–Crippen MR) is 61.8 cm³/mol. The first-order chi connectivity index (χ1) is 8.22. The van der Waals surface area contributed by atoms with Crippen molar-refractivity contribution in [2.24, 2.45) is 5.92 Å². The zero-order valence-electron chi connectivity index (χ0n) is 9.68. The van der Waals surface area contributed by atoms with E-state index in [0.717, 1.165) is 19.4 Å². The molecule has 1 atom stereocenters. The third-order valence-electron chi connectivity index (χ3n) is 2.94. The Hall–Kier alpha value is -1.85. The molecule has 1 saturated heterocycles. The molecular weight excluding hydrogens is 222 g/mol. The maximum absolute atomic E-state index is 11.6. The number of aromatic nitrogens is 2. The van der Waals surface area contributed by atoms with E-state index in [2.05, 4.69) is 9.97 Å². The lowest BCUT2D eigenvalue weighted by Gasteiger charge is -2.31. The van der Waals surface area contributed by atoms with Crippen LogP contribution in [-0.4, -0.2) is 36.1 Å². The van der Waals surface area contributed by atoms with Gasteiger partial charge < -0.3 is 14.6 Å². The Morgan fingerprint density at radius 1 is 1.65 bits per heavy atom. The molecule has 92 valence electrons. The highest BCUT2D eigenvalue weighted by Gasteiger charge is 2.28. The zero-order chi connectivity index (χ0) is 12.3. The summed E-state index contributed by atoms with van der Waals surface area (Å²) in [5.74, 6) is -0.0154. The first-order valence-corrected chi connectivity index (χ1v) is 5.59. The number of esters is 1. The molecule has 0 radical (unpaired) electrons. The molecule has 1 aliphatic rings. The SMILES string of the molecule is COC(=O)C1CCCN(c2ncc[nH]c2=O)C1. The minimum atomic E-state index is -0.224. The van der Waals surface area contributed by atoms with Crippen molar-refractivity contribution in [2.75, 3.05) is 25.1 Å². The molecule has 17 heavy (non-hydrogen) atoms. The summed E-state index contributed by atoms with van der Waals surface area (Å²) in [5.41, 5.74) is -0.224. The number of methoxy groups -OCH3 is 1.